The molecule has 1 nitrogen and oxygen atoms in total. The van der Waals surface area contributed by atoms with Crippen LogP contribution in [0, 0.1) is 0 Å². The average molecular weight is 139 g/mol. The second-order valence-corrected chi connectivity index (χ2v) is 2.44. The van der Waals surface area contributed by atoms with E-state index in [9.17, 15) is 0 Å². The van der Waals surface area contributed by atoms with Gasteiger partial charge in [-0.1, -0.05) is 18.1 Å². The van der Waals surface area contributed by atoms with E-state index >= 15 is 0 Å². The summed E-state index contributed by atoms with van der Waals surface area (Å²) in [4.78, 5) is 0. The van der Waals surface area contributed by atoms with Gasteiger partial charge in [-0.3, -0.25) is 0 Å². The molecule has 58 valence electrons. The minimum absolute atomic E-state index is 1.14. The first-order valence-electron chi connectivity index (χ1n) is 3.72. The molecule has 0 fully saturated rings. The number of nitrogens with one attached hydrogen (secondary N) is 1. The molecule has 0 saturated carbocycles. The summed E-state index contributed by atoms with van der Waals surface area (Å²) in [6, 6.07) is 0. The summed E-state index contributed by atoms with van der Waals surface area (Å²) < 4.78 is 0. The van der Waals surface area contributed by atoms with Crippen molar-refractivity contribution in [2.45, 2.75) is 27.2 Å². The predicted molar refractivity (Wildman–Crippen MR) is 46.9 cm³/mol. The zero-order valence-corrected chi connectivity index (χ0v) is 7.36. The Hall–Kier alpha value is -0.720. The summed E-state index contributed by atoms with van der Waals surface area (Å²) in [5.41, 5.74) is 2.81. The van der Waals surface area contributed by atoms with Crippen molar-refractivity contribution in [3.05, 3.63) is 23.4 Å². The minimum atomic E-state index is 1.14. The van der Waals surface area contributed by atoms with Gasteiger partial charge in [0.05, 0.1) is 0 Å². The molecule has 0 unspecified atom stereocenters. The van der Waals surface area contributed by atoms with Crippen LogP contribution in [0.3, 0.4) is 0 Å². The summed E-state index contributed by atoms with van der Waals surface area (Å²) in [5.74, 6) is 0. The minimum Gasteiger partial charge on any atom is -0.394 e. The van der Waals surface area contributed by atoms with E-state index in [0.717, 1.165) is 6.42 Å². The van der Waals surface area contributed by atoms with Gasteiger partial charge in [-0.25, -0.2) is 0 Å². The van der Waals surface area contributed by atoms with Gasteiger partial charge in [0.1, 0.15) is 0 Å². The maximum Gasteiger partial charge on any atom is 0.00277 e. The number of hydrogen-bond donors (Lipinski definition) is 1. The predicted octanol–water partition coefficient (Wildman–Crippen LogP) is 2.47. The van der Waals surface area contributed by atoms with Gasteiger partial charge in [0.15, 0.2) is 0 Å². The van der Waals surface area contributed by atoms with Crippen LogP contribution < -0.4 is 5.32 Å². The van der Waals surface area contributed by atoms with Crippen LogP contribution in [0.15, 0.2) is 23.4 Å². The first-order chi connectivity index (χ1) is 4.72. The van der Waals surface area contributed by atoms with Crippen LogP contribution in [0.25, 0.3) is 0 Å². The van der Waals surface area contributed by atoms with Crippen LogP contribution in [0.5, 0.6) is 0 Å². The SMILES string of the molecule is CC/C(C)=C(C)\C=C\NC. The third-order valence-electron chi connectivity index (χ3n) is 1.70. The lowest BCUT2D eigenvalue weighted by atomic mass is 10.1. The summed E-state index contributed by atoms with van der Waals surface area (Å²) >= 11 is 0. The van der Waals surface area contributed by atoms with Gasteiger partial charge in [0, 0.05) is 7.05 Å². The molecule has 0 aliphatic heterocycles. The van der Waals surface area contributed by atoms with Gasteiger partial charge in [-0.2, -0.15) is 0 Å². The molecule has 0 aromatic heterocycles. The van der Waals surface area contributed by atoms with Crippen LogP contribution in [0.2, 0.25) is 0 Å². The highest BCUT2D eigenvalue weighted by atomic mass is 14.8. The largest absolute Gasteiger partial charge is 0.394 e. The maximum atomic E-state index is 2.96. The average Bonchev–Trinajstić information content (AvgIpc) is 1.98. The molecular weight excluding hydrogens is 122 g/mol. The van der Waals surface area contributed by atoms with Crippen molar-refractivity contribution in [3.63, 3.8) is 0 Å². The second-order valence-electron chi connectivity index (χ2n) is 2.44. The molecular formula is C9H17N. The Kier molecular flexibility index (Phi) is 4.73. The van der Waals surface area contributed by atoms with Crippen molar-refractivity contribution in [3.8, 4) is 0 Å². The molecule has 1 N–H and O–H groups in total. The molecule has 0 spiro atoms. The summed E-state index contributed by atoms with van der Waals surface area (Å²) in [5, 5.41) is 2.96. The highest BCUT2D eigenvalue weighted by molar-refractivity contribution is 5.21. The molecule has 0 atom stereocenters. The van der Waals surface area contributed by atoms with E-state index in [-0.39, 0.29) is 0 Å². The highest BCUT2D eigenvalue weighted by Crippen LogP contribution is 2.07. The van der Waals surface area contributed by atoms with Crippen molar-refractivity contribution in [2.75, 3.05) is 7.05 Å². The first-order valence-corrected chi connectivity index (χ1v) is 3.72. The topological polar surface area (TPSA) is 12.0 Å². The quantitative estimate of drug-likeness (QED) is 0.592. The van der Waals surface area contributed by atoms with Gasteiger partial charge in [-0.05, 0) is 32.5 Å². The highest BCUT2D eigenvalue weighted by Gasteiger charge is 1.87. The molecule has 0 aromatic carbocycles. The zero-order valence-electron chi connectivity index (χ0n) is 7.36. The molecule has 0 rings (SSSR count). The van der Waals surface area contributed by atoms with E-state index in [0.29, 0.717) is 0 Å². The van der Waals surface area contributed by atoms with Crippen LogP contribution in [-0.2, 0) is 0 Å². The summed E-state index contributed by atoms with van der Waals surface area (Å²) in [6.45, 7) is 6.47. The molecule has 10 heavy (non-hydrogen) atoms. The Morgan fingerprint density at radius 3 is 2.40 bits per heavy atom. The van der Waals surface area contributed by atoms with Crippen LogP contribution >= 0.6 is 0 Å². The monoisotopic (exact) mass is 139 g/mol. The number of rotatable bonds is 3. The van der Waals surface area contributed by atoms with Gasteiger partial charge in [0.2, 0.25) is 0 Å². The molecule has 0 radical (unpaired) electrons. The van der Waals surface area contributed by atoms with Crippen LogP contribution in [0.4, 0.5) is 0 Å². The molecule has 1 heteroatoms. The van der Waals surface area contributed by atoms with E-state index in [4.69, 9.17) is 0 Å². The van der Waals surface area contributed by atoms with E-state index in [2.05, 4.69) is 32.2 Å². The van der Waals surface area contributed by atoms with Gasteiger partial charge >= 0.3 is 0 Å². The van der Waals surface area contributed by atoms with Gasteiger partial charge in [0.25, 0.3) is 0 Å². The number of allylic oxidation sites excluding steroid dienone is 3. The third kappa shape index (κ3) is 3.33. The zero-order chi connectivity index (χ0) is 7.98. The molecule has 0 heterocycles. The van der Waals surface area contributed by atoms with Crippen molar-refractivity contribution < 1.29 is 0 Å². The smallest absolute Gasteiger partial charge is 0.00277 e. The van der Waals surface area contributed by atoms with Gasteiger partial charge in [-0.15, -0.1) is 0 Å². The summed E-state index contributed by atoms with van der Waals surface area (Å²) in [7, 11) is 1.91. The Morgan fingerprint density at radius 2 is 2.00 bits per heavy atom. The lowest BCUT2D eigenvalue weighted by Gasteiger charge is -1.98. The van der Waals surface area contributed by atoms with E-state index in [1.807, 2.05) is 13.2 Å². The van der Waals surface area contributed by atoms with Crippen molar-refractivity contribution in [1.29, 1.82) is 0 Å². The first kappa shape index (κ1) is 9.28. The molecule has 0 amide bonds. The Bertz CT molecular complexity index is 143. The molecule has 0 aliphatic carbocycles. The molecule has 0 aromatic rings. The Morgan fingerprint density at radius 1 is 1.40 bits per heavy atom. The van der Waals surface area contributed by atoms with E-state index in [1.54, 1.807) is 0 Å². The maximum absolute atomic E-state index is 2.96. The Labute approximate surface area is 63.8 Å². The fourth-order valence-electron chi connectivity index (χ4n) is 0.629. The number of hydrogen-bond acceptors (Lipinski definition) is 1. The van der Waals surface area contributed by atoms with Gasteiger partial charge < -0.3 is 5.32 Å². The molecule has 0 saturated heterocycles. The molecule has 0 aliphatic rings. The third-order valence-corrected chi connectivity index (χ3v) is 1.70. The van der Waals surface area contributed by atoms with Crippen molar-refractivity contribution >= 4 is 0 Å². The van der Waals surface area contributed by atoms with E-state index in [1.165, 1.54) is 11.1 Å². The fraction of sp³-hybridized carbons (Fsp3) is 0.556. The Balaban J connectivity index is 4.04. The second kappa shape index (κ2) is 5.10. The summed E-state index contributed by atoms with van der Waals surface area (Å²) in [6.07, 6.45) is 5.19. The fourth-order valence-corrected chi connectivity index (χ4v) is 0.629. The van der Waals surface area contributed by atoms with E-state index < -0.39 is 0 Å². The van der Waals surface area contributed by atoms with Crippen LogP contribution in [0.1, 0.15) is 27.2 Å². The van der Waals surface area contributed by atoms with Crippen molar-refractivity contribution in [1.82, 2.24) is 5.32 Å². The standard InChI is InChI=1S/C9H17N/c1-5-8(2)9(3)6-7-10-4/h6-7,10H,5H2,1-4H3/b7-6+,9-8-. The normalized spacial score (nSPS) is 13.6. The van der Waals surface area contributed by atoms with Crippen LogP contribution in [-0.4, -0.2) is 7.05 Å². The van der Waals surface area contributed by atoms with Crippen molar-refractivity contribution in [2.24, 2.45) is 0 Å². The molecule has 0 bridgehead atoms. The lowest BCUT2D eigenvalue weighted by Crippen LogP contribution is -1.91. The lowest BCUT2D eigenvalue weighted by molar-refractivity contribution is 1.06.